The lowest BCUT2D eigenvalue weighted by Gasteiger charge is -2.11. The van der Waals surface area contributed by atoms with Crippen molar-refractivity contribution in [3.63, 3.8) is 0 Å². The molecule has 0 aliphatic heterocycles. The number of unbranched alkanes of at least 4 members (excludes halogenated alkanes) is 2. The Morgan fingerprint density at radius 1 is 1.17 bits per heavy atom. The summed E-state index contributed by atoms with van der Waals surface area (Å²) in [6.45, 7) is 3.81. The maximum atomic E-state index is 12.6. The lowest BCUT2D eigenvalue weighted by molar-refractivity contribution is 0.600. The molecule has 1 aromatic carbocycles. The number of anilines is 1. The molecule has 0 radical (unpaired) electrons. The maximum absolute atomic E-state index is 12.6. The van der Waals surface area contributed by atoms with Crippen molar-refractivity contribution in [2.45, 2.75) is 44.4 Å². The number of H-pyrrole nitrogens is 1. The third-order valence-electron chi connectivity index (χ3n) is 3.52. The molecule has 0 amide bonds. The van der Waals surface area contributed by atoms with Gasteiger partial charge in [0.15, 0.2) is 0 Å². The Bertz CT molecular complexity index is 762. The van der Waals surface area contributed by atoms with E-state index in [4.69, 9.17) is 23.2 Å². The van der Waals surface area contributed by atoms with Crippen molar-refractivity contribution in [2.75, 3.05) is 4.72 Å². The normalized spacial score (nSPS) is 11.7. The van der Waals surface area contributed by atoms with Crippen LogP contribution in [0.1, 0.15) is 37.3 Å². The molecule has 0 unspecified atom stereocenters. The van der Waals surface area contributed by atoms with Gasteiger partial charge >= 0.3 is 0 Å². The van der Waals surface area contributed by atoms with E-state index in [2.05, 4.69) is 16.6 Å². The van der Waals surface area contributed by atoms with Gasteiger partial charge in [-0.25, -0.2) is 8.42 Å². The summed E-state index contributed by atoms with van der Waals surface area (Å²) < 4.78 is 27.7. The Balaban J connectivity index is 2.19. The fourth-order valence-corrected chi connectivity index (χ4v) is 4.65. The number of aryl methyl sites for hydroxylation is 2. The molecule has 0 spiro atoms. The van der Waals surface area contributed by atoms with E-state index in [1.165, 1.54) is 6.07 Å². The van der Waals surface area contributed by atoms with Crippen molar-refractivity contribution in [2.24, 2.45) is 0 Å². The largest absolute Gasteiger partial charge is 0.347 e. The molecule has 0 saturated carbocycles. The van der Waals surface area contributed by atoms with Crippen LogP contribution in [0.3, 0.4) is 0 Å². The van der Waals surface area contributed by atoms with Crippen molar-refractivity contribution in [1.82, 2.24) is 4.98 Å². The minimum Gasteiger partial charge on any atom is -0.347 e. The van der Waals surface area contributed by atoms with Crippen LogP contribution in [0.15, 0.2) is 29.3 Å². The number of hydrogen-bond acceptors (Lipinski definition) is 2. The molecule has 0 bridgehead atoms. The van der Waals surface area contributed by atoms with Crippen molar-refractivity contribution < 1.29 is 8.42 Å². The van der Waals surface area contributed by atoms with Crippen LogP contribution < -0.4 is 4.72 Å². The standard InChI is InChI=1S/C16H20Cl2N2O2S/c1-3-4-5-6-12-8-15(19-10-12)20-23(21,22)16-11(2)7-13(17)9-14(16)18/h7-10,19-20H,3-6H2,1-2H3. The van der Waals surface area contributed by atoms with Gasteiger partial charge in [-0.15, -0.1) is 0 Å². The second kappa shape index (κ2) is 7.60. The van der Waals surface area contributed by atoms with E-state index >= 15 is 0 Å². The molecule has 1 heterocycles. The summed E-state index contributed by atoms with van der Waals surface area (Å²) >= 11 is 12.0. The Labute approximate surface area is 147 Å². The first-order chi connectivity index (χ1) is 10.8. The molecular weight excluding hydrogens is 355 g/mol. The molecule has 126 valence electrons. The van der Waals surface area contributed by atoms with Gasteiger partial charge in [-0.3, -0.25) is 4.72 Å². The molecule has 2 aromatic rings. The van der Waals surface area contributed by atoms with Crippen LogP contribution in [0, 0.1) is 6.92 Å². The minimum absolute atomic E-state index is 0.0469. The minimum atomic E-state index is -3.78. The molecule has 2 N–H and O–H groups in total. The first-order valence-corrected chi connectivity index (χ1v) is 9.73. The molecule has 4 nitrogen and oxygen atoms in total. The highest BCUT2D eigenvalue weighted by atomic mass is 35.5. The van der Waals surface area contributed by atoms with Gasteiger partial charge in [0.25, 0.3) is 10.0 Å². The van der Waals surface area contributed by atoms with Crippen molar-refractivity contribution >= 4 is 39.0 Å². The van der Waals surface area contributed by atoms with Crippen LogP contribution >= 0.6 is 23.2 Å². The van der Waals surface area contributed by atoms with E-state index in [0.29, 0.717) is 16.4 Å². The van der Waals surface area contributed by atoms with Crippen molar-refractivity contribution in [3.8, 4) is 0 Å². The van der Waals surface area contributed by atoms with E-state index in [1.54, 1.807) is 13.0 Å². The highest BCUT2D eigenvalue weighted by Gasteiger charge is 2.22. The molecule has 0 saturated heterocycles. The van der Waals surface area contributed by atoms with E-state index in [-0.39, 0.29) is 9.92 Å². The Hall–Kier alpha value is -1.17. The van der Waals surface area contributed by atoms with Gasteiger partial charge in [-0.1, -0.05) is 43.0 Å². The molecule has 0 atom stereocenters. The molecule has 1 aromatic heterocycles. The van der Waals surface area contributed by atoms with E-state index in [9.17, 15) is 8.42 Å². The maximum Gasteiger partial charge on any atom is 0.264 e. The monoisotopic (exact) mass is 374 g/mol. The zero-order chi connectivity index (χ0) is 17.0. The zero-order valence-corrected chi connectivity index (χ0v) is 15.4. The average molecular weight is 375 g/mol. The van der Waals surface area contributed by atoms with Crippen molar-refractivity contribution in [3.05, 3.63) is 45.6 Å². The van der Waals surface area contributed by atoms with Gasteiger partial charge < -0.3 is 4.98 Å². The summed E-state index contributed by atoms with van der Waals surface area (Å²) in [7, 11) is -3.78. The Morgan fingerprint density at radius 3 is 2.57 bits per heavy atom. The van der Waals surface area contributed by atoms with Crippen LogP contribution in [0.25, 0.3) is 0 Å². The van der Waals surface area contributed by atoms with Gasteiger partial charge in [-0.2, -0.15) is 0 Å². The highest BCUT2D eigenvalue weighted by molar-refractivity contribution is 7.92. The molecule has 7 heteroatoms. The first kappa shape index (κ1) is 18.2. The highest BCUT2D eigenvalue weighted by Crippen LogP contribution is 2.30. The van der Waals surface area contributed by atoms with E-state index in [1.807, 2.05) is 12.3 Å². The molecular formula is C16H20Cl2N2O2S. The number of aromatic nitrogens is 1. The van der Waals surface area contributed by atoms with Gasteiger partial charge in [0.05, 0.1) is 5.02 Å². The molecule has 0 aliphatic rings. The average Bonchev–Trinajstić information content (AvgIpc) is 2.84. The topological polar surface area (TPSA) is 62.0 Å². The van der Waals surface area contributed by atoms with Gasteiger partial charge in [0.1, 0.15) is 10.7 Å². The lowest BCUT2D eigenvalue weighted by atomic mass is 10.1. The van der Waals surface area contributed by atoms with Crippen LogP contribution in [-0.2, 0) is 16.4 Å². The molecule has 0 fully saturated rings. The van der Waals surface area contributed by atoms with Crippen molar-refractivity contribution in [1.29, 1.82) is 0 Å². The third kappa shape index (κ3) is 4.66. The van der Waals surface area contributed by atoms with E-state index < -0.39 is 10.0 Å². The van der Waals surface area contributed by atoms with Gasteiger partial charge in [-0.05, 0) is 49.1 Å². The fraction of sp³-hybridized carbons (Fsp3) is 0.375. The van der Waals surface area contributed by atoms with Crippen LogP contribution in [0.5, 0.6) is 0 Å². The van der Waals surface area contributed by atoms with Gasteiger partial charge in [0.2, 0.25) is 0 Å². The molecule has 0 aliphatic carbocycles. The first-order valence-electron chi connectivity index (χ1n) is 7.49. The second-order valence-corrected chi connectivity index (χ2v) is 7.98. The number of hydrogen-bond donors (Lipinski definition) is 2. The predicted molar refractivity (Wildman–Crippen MR) is 96.0 cm³/mol. The Kier molecular flexibility index (Phi) is 6.00. The SMILES string of the molecule is CCCCCc1c[nH]c(NS(=O)(=O)c2c(C)cc(Cl)cc2Cl)c1. The molecule has 23 heavy (non-hydrogen) atoms. The summed E-state index contributed by atoms with van der Waals surface area (Å²) in [6, 6.07) is 4.81. The summed E-state index contributed by atoms with van der Waals surface area (Å²) in [5.41, 5.74) is 1.58. The predicted octanol–water partition coefficient (Wildman–Crippen LogP) is 5.16. The summed E-state index contributed by atoms with van der Waals surface area (Å²) in [5.74, 6) is 0.432. The smallest absolute Gasteiger partial charge is 0.264 e. The number of nitrogens with one attached hydrogen (secondary N) is 2. The Morgan fingerprint density at radius 2 is 1.91 bits per heavy atom. The number of benzene rings is 1. The summed E-state index contributed by atoms with van der Waals surface area (Å²) in [4.78, 5) is 3.00. The number of aromatic amines is 1. The second-order valence-electron chi connectivity index (χ2n) is 5.52. The third-order valence-corrected chi connectivity index (χ3v) is 5.72. The quantitative estimate of drug-likeness (QED) is 0.657. The summed E-state index contributed by atoms with van der Waals surface area (Å²) in [6.07, 6.45) is 6.14. The van der Waals surface area contributed by atoms with Crippen LogP contribution in [-0.4, -0.2) is 13.4 Å². The summed E-state index contributed by atoms with van der Waals surface area (Å²) in [5, 5.41) is 0.516. The zero-order valence-electron chi connectivity index (χ0n) is 13.1. The molecule has 2 rings (SSSR count). The number of halogens is 2. The van der Waals surface area contributed by atoms with Crippen LogP contribution in [0.4, 0.5) is 5.82 Å². The fourth-order valence-electron chi connectivity index (χ4n) is 2.45. The number of sulfonamides is 1. The van der Waals surface area contributed by atoms with Crippen LogP contribution in [0.2, 0.25) is 10.0 Å². The van der Waals surface area contributed by atoms with Gasteiger partial charge in [0, 0.05) is 11.2 Å². The number of rotatable bonds is 7. The van der Waals surface area contributed by atoms with E-state index in [0.717, 1.165) is 31.2 Å². The lowest BCUT2D eigenvalue weighted by Crippen LogP contribution is -2.15.